The fourth-order valence-electron chi connectivity index (χ4n) is 4.18. The molecule has 1 atom stereocenters. The first-order valence-corrected chi connectivity index (χ1v) is 10.8. The molecule has 0 radical (unpaired) electrons. The number of rotatable bonds is 6. The van der Waals surface area contributed by atoms with Gasteiger partial charge in [0.25, 0.3) is 5.56 Å². The van der Waals surface area contributed by atoms with E-state index in [2.05, 4.69) is 31.3 Å². The number of aromatic nitrogens is 4. The molecule has 0 saturated carbocycles. The van der Waals surface area contributed by atoms with E-state index in [9.17, 15) is 4.79 Å². The normalized spacial score (nSPS) is 15.4. The Morgan fingerprint density at radius 2 is 1.90 bits per heavy atom. The van der Waals surface area contributed by atoms with Crippen LogP contribution in [0.4, 0.5) is 5.95 Å². The lowest BCUT2D eigenvalue weighted by Gasteiger charge is -2.28. The average molecular weight is 435 g/mol. The summed E-state index contributed by atoms with van der Waals surface area (Å²) in [4.78, 5) is 22.6. The molecule has 1 unspecified atom stereocenters. The molecule has 0 aliphatic carbocycles. The SMILES string of the molecule is O=c1[nH]c(NCC(c2cccc(Cl)c2)N2CCCC2)nc2c1cnn2-c1ccccc1. The molecular weight excluding hydrogens is 412 g/mol. The number of aromatic amines is 1. The quantitative estimate of drug-likeness (QED) is 0.479. The Balaban J connectivity index is 1.45. The molecule has 0 bridgehead atoms. The largest absolute Gasteiger partial charge is 0.354 e. The van der Waals surface area contributed by atoms with E-state index in [1.54, 1.807) is 10.9 Å². The standard InChI is InChI=1S/C23H23ClN6O/c24-17-8-6-7-16(13-17)20(29-11-4-5-12-29)15-25-23-27-21-19(22(31)28-23)14-26-30(21)18-9-2-1-3-10-18/h1-3,6-10,13-14,20H,4-5,11-12,15H2,(H2,25,27,28,31). The number of H-pyrrole nitrogens is 1. The number of likely N-dealkylation sites (tertiary alicyclic amines) is 1. The first kappa shape index (κ1) is 19.8. The highest BCUT2D eigenvalue weighted by Crippen LogP contribution is 2.27. The Hall–Kier alpha value is -3.16. The second-order valence-electron chi connectivity index (χ2n) is 7.74. The maximum absolute atomic E-state index is 12.6. The number of hydrogen-bond donors (Lipinski definition) is 2. The van der Waals surface area contributed by atoms with Gasteiger partial charge in [-0.2, -0.15) is 10.1 Å². The van der Waals surface area contributed by atoms with Gasteiger partial charge in [0.1, 0.15) is 5.39 Å². The van der Waals surface area contributed by atoms with Crippen LogP contribution in [0.25, 0.3) is 16.7 Å². The number of anilines is 1. The van der Waals surface area contributed by atoms with E-state index in [4.69, 9.17) is 11.6 Å². The number of hydrogen-bond acceptors (Lipinski definition) is 5. The van der Waals surface area contributed by atoms with Crippen LogP contribution in [-0.4, -0.2) is 44.3 Å². The van der Waals surface area contributed by atoms with Crippen molar-refractivity contribution in [3.8, 4) is 5.69 Å². The van der Waals surface area contributed by atoms with Crippen molar-refractivity contribution in [1.29, 1.82) is 0 Å². The van der Waals surface area contributed by atoms with Gasteiger partial charge in [-0.15, -0.1) is 0 Å². The zero-order valence-corrected chi connectivity index (χ0v) is 17.7. The molecule has 0 amide bonds. The van der Waals surface area contributed by atoms with Gasteiger partial charge in [0.2, 0.25) is 5.95 Å². The summed E-state index contributed by atoms with van der Waals surface area (Å²) < 4.78 is 1.69. The molecule has 1 aliphatic heterocycles. The monoisotopic (exact) mass is 434 g/mol. The van der Waals surface area contributed by atoms with Gasteiger partial charge < -0.3 is 5.32 Å². The highest BCUT2D eigenvalue weighted by molar-refractivity contribution is 6.30. The summed E-state index contributed by atoms with van der Waals surface area (Å²) in [6.45, 7) is 2.69. The predicted molar refractivity (Wildman–Crippen MR) is 123 cm³/mol. The summed E-state index contributed by atoms with van der Waals surface area (Å²) in [7, 11) is 0. The van der Waals surface area contributed by atoms with Gasteiger partial charge in [0.05, 0.1) is 17.9 Å². The van der Waals surface area contributed by atoms with E-state index in [1.807, 2.05) is 48.5 Å². The number of halogens is 1. The lowest BCUT2D eigenvalue weighted by atomic mass is 10.1. The van der Waals surface area contributed by atoms with Gasteiger partial charge in [-0.3, -0.25) is 14.7 Å². The zero-order chi connectivity index (χ0) is 21.2. The topological polar surface area (TPSA) is 78.8 Å². The number of para-hydroxylation sites is 1. The van der Waals surface area contributed by atoms with E-state index in [-0.39, 0.29) is 11.6 Å². The van der Waals surface area contributed by atoms with Crippen molar-refractivity contribution in [3.05, 3.63) is 81.7 Å². The predicted octanol–water partition coefficient (Wildman–Crippen LogP) is 4.01. The minimum absolute atomic E-state index is 0.140. The van der Waals surface area contributed by atoms with Crippen LogP contribution in [0.5, 0.6) is 0 Å². The fraction of sp³-hybridized carbons (Fsp3) is 0.261. The fourth-order valence-corrected chi connectivity index (χ4v) is 4.38. The molecule has 31 heavy (non-hydrogen) atoms. The van der Waals surface area contributed by atoms with Gasteiger partial charge in [0.15, 0.2) is 5.65 Å². The Kier molecular flexibility index (Phi) is 5.44. The molecular formula is C23H23ClN6O. The summed E-state index contributed by atoms with van der Waals surface area (Å²) in [6, 6.07) is 17.8. The van der Waals surface area contributed by atoms with Crippen molar-refractivity contribution < 1.29 is 0 Å². The molecule has 1 fully saturated rings. The second kappa shape index (κ2) is 8.53. The van der Waals surface area contributed by atoms with Crippen LogP contribution < -0.4 is 10.9 Å². The van der Waals surface area contributed by atoms with Crippen LogP contribution >= 0.6 is 11.6 Å². The third kappa shape index (κ3) is 4.06. The van der Waals surface area contributed by atoms with Crippen LogP contribution in [0.2, 0.25) is 5.02 Å². The Morgan fingerprint density at radius 3 is 2.68 bits per heavy atom. The smallest absolute Gasteiger partial charge is 0.263 e. The van der Waals surface area contributed by atoms with E-state index < -0.39 is 0 Å². The van der Waals surface area contributed by atoms with Crippen molar-refractivity contribution in [2.45, 2.75) is 18.9 Å². The second-order valence-corrected chi connectivity index (χ2v) is 8.17. The van der Waals surface area contributed by atoms with Crippen molar-refractivity contribution in [2.24, 2.45) is 0 Å². The molecule has 5 rings (SSSR count). The highest BCUT2D eigenvalue weighted by atomic mass is 35.5. The Morgan fingerprint density at radius 1 is 1.10 bits per heavy atom. The lowest BCUT2D eigenvalue weighted by Crippen LogP contribution is -2.31. The van der Waals surface area contributed by atoms with Crippen molar-refractivity contribution in [2.75, 3.05) is 25.0 Å². The summed E-state index contributed by atoms with van der Waals surface area (Å²) in [5, 5.41) is 8.90. The minimum atomic E-state index is -0.213. The molecule has 2 N–H and O–H groups in total. The molecule has 158 valence electrons. The molecule has 1 aliphatic rings. The first-order valence-electron chi connectivity index (χ1n) is 10.5. The van der Waals surface area contributed by atoms with Crippen LogP contribution in [0.15, 0.2) is 65.6 Å². The van der Waals surface area contributed by atoms with Gasteiger partial charge >= 0.3 is 0 Å². The third-order valence-corrected chi connectivity index (χ3v) is 5.95. The van der Waals surface area contributed by atoms with Gasteiger partial charge in [-0.1, -0.05) is 41.9 Å². The van der Waals surface area contributed by atoms with Crippen LogP contribution in [0, 0.1) is 0 Å². The highest BCUT2D eigenvalue weighted by Gasteiger charge is 2.24. The number of nitrogens with one attached hydrogen (secondary N) is 2. The molecule has 8 heteroatoms. The van der Waals surface area contributed by atoms with Crippen LogP contribution in [-0.2, 0) is 0 Å². The molecule has 2 aromatic carbocycles. The van der Waals surface area contributed by atoms with E-state index >= 15 is 0 Å². The summed E-state index contributed by atoms with van der Waals surface area (Å²) in [5.41, 5.74) is 2.32. The molecule has 3 heterocycles. The molecule has 0 spiro atoms. The zero-order valence-electron chi connectivity index (χ0n) is 17.0. The maximum atomic E-state index is 12.6. The van der Waals surface area contributed by atoms with E-state index in [0.717, 1.165) is 29.4 Å². The summed E-state index contributed by atoms with van der Waals surface area (Å²) in [5.74, 6) is 0.432. The Bertz CT molecular complexity index is 1250. The number of nitrogens with zero attached hydrogens (tertiary/aromatic N) is 4. The third-order valence-electron chi connectivity index (χ3n) is 5.72. The molecule has 4 aromatic rings. The van der Waals surface area contributed by atoms with E-state index in [0.29, 0.717) is 23.5 Å². The average Bonchev–Trinajstić information content (AvgIpc) is 3.45. The molecule has 1 saturated heterocycles. The molecule has 7 nitrogen and oxygen atoms in total. The van der Waals surface area contributed by atoms with Crippen molar-refractivity contribution in [1.82, 2.24) is 24.6 Å². The van der Waals surface area contributed by atoms with Gasteiger partial charge in [-0.05, 0) is 55.8 Å². The minimum Gasteiger partial charge on any atom is -0.354 e. The van der Waals surface area contributed by atoms with Crippen molar-refractivity contribution in [3.63, 3.8) is 0 Å². The van der Waals surface area contributed by atoms with Crippen LogP contribution in [0.1, 0.15) is 24.4 Å². The van der Waals surface area contributed by atoms with Crippen molar-refractivity contribution >= 4 is 28.6 Å². The summed E-state index contributed by atoms with van der Waals surface area (Å²) >= 11 is 6.25. The number of benzene rings is 2. The summed E-state index contributed by atoms with van der Waals surface area (Å²) in [6.07, 6.45) is 3.93. The molecule has 2 aromatic heterocycles. The Labute approximate surface area is 184 Å². The first-order chi connectivity index (χ1) is 15.2. The van der Waals surface area contributed by atoms with E-state index in [1.165, 1.54) is 12.8 Å². The number of fused-ring (bicyclic) bond motifs is 1. The lowest BCUT2D eigenvalue weighted by molar-refractivity contribution is 0.255. The maximum Gasteiger partial charge on any atom is 0.263 e. The van der Waals surface area contributed by atoms with Crippen LogP contribution in [0.3, 0.4) is 0 Å². The van der Waals surface area contributed by atoms with Gasteiger partial charge in [0, 0.05) is 11.6 Å². The van der Waals surface area contributed by atoms with Gasteiger partial charge in [-0.25, -0.2) is 4.68 Å².